The summed E-state index contributed by atoms with van der Waals surface area (Å²) in [6.07, 6.45) is -4.87. The van der Waals surface area contributed by atoms with Crippen LogP contribution in [-0.2, 0) is 19.3 Å². The number of methoxy groups -OCH3 is 1. The molecule has 0 amide bonds. The number of halogens is 3. The van der Waals surface area contributed by atoms with Crippen molar-refractivity contribution >= 4 is 11.0 Å². The smallest absolute Gasteiger partial charge is 0.450 e. The van der Waals surface area contributed by atoms with E-state index in [9.17, 15) is 18.0 Å². The van der Waals surface area contributed by atoms with Crippen molar-refractivity contribution in [3.63, 3.8) is 0 Å². The van der Waals surface area contributed by atoms with Gasteiger partial charge in [-0.05, 0) is 35.4 Å². The molecule has 5 nitrogen and oxygen atoms in total. The van der Waals surface area contributed by atoms with E-state index >= 15 is 0 Å². The summed E-state index contributed by atoms with van der Waals surface area (Å²) in [5, 5.41) is 0.0720. The number of fused-ring (bicyclic) bond motifs is 3. The number of hydrogen-bond donors (Lipinski definition) is 0. The van der Waals surface area contributed by atoms with E-state index in [0.717, 1.165) is 5.56 Å². The number of hydrogen-bond acceptors (Lipinski definition) is 5. The SMILES string of the molecule is COc1ccc(-c2c(C(F)(F)F)oc3c4c(ccc3c2=O)OCN(Cc2ccccc2)C4)cc1. The molecule has 0 radical (unpaired) electrons. The van der Waals surface area contributed by atoms with Gasteiger partial charge in [0.05, 0.1) is 23.6 Å². The second kappa shape index (κ2) is 8.53. The lowest BCUT2D eigenvalue weighted by atomic mass is 9.99. The van der Waals surface area contributed by atoms with Gasteiger partial charge < -0.3 is 13.9 Å². The fourth-order valence-electron chi connectivity index (χ4n) is 4.17. The number of benzene rings is 3. The summed E-state index contributed by atoms with van der Waals surface area (Å²) in [7, 11) is 1.45. The van der Waals surface area contributed by atoms with Crippen LogP contribution in [0.25, 0.3) is 22.1 Å². The van der Waals surface area contributed by atoms with Gasteiger partial charge >= 0.3 is 6.18 Å². The van der Waals surface area contributed by atoms with Gasteiger partial charge in [0.1, 0.15) is 23.8 Å². The predicted molar refractivity (Wildman–Crippen MR) is 121 cm³/mol. The van der Waals surface area contributed by atoms with Crippen LogP contribution in [0, 0.1) is 0 Å². The van der Waals surface area contributed by atoms with E-state index in [0.29, 0.717) is 23.6 Å². The van der Waals surface area contributed by atoms with Crippen molar-refractivity contribution in [3.05, 3.63) is 93.8 Å². The Morgan fingerprint density at radius 3 is 2.41 bits per heavy atom. The van der Waals surface area contributed by atoms with Gasteiger partial charge in [-0.2, -0.15) is 13.2 Å². The average Bonchev–Trinajstić information content (AvgIpc) is 2.84. The summed E-state index contributed by atoms with van der Waals surface area (Å²) in [6, 6.07) is 18.6. The van der Waals surface area contributed by atoms with Crippen LogP contribution in [-0.4, -0.2) is 18.7 Å². The highest BCUT2D eigenvalue weighted by atomic mass is 19.4. The second-order valence-electron chi connectivity index (χ2n) is 8.03. The van der Waals surface area contributed by atoms with Crippen LogP contribution in [0.2, 0.25) is 0 Å². The molecule has 0 spiro atoms. The molecule has 34 heavy (non-hydrogen) atoms. The molecular formula is C26H20F3NO4. The minimum absolute atomic E-state index is 0.0720. The first-order valence-electron chi connectivity index (χ1n) is 10.6. The largest absolute Gasteiger partial charge is 0.497 e. The Labute approximate surface area is 192 Å². The van der Waals surface area contributed by atoms with E-state index in [1.807, 2.05) is 35.2 Å². The van der Waals surface area contributed by atoms with Crippen molar-refractivity contribution in [2.75, 3.05) is 13.8 Å². The minimum atomic E-state index is -4.87. The van der Waals surface area contributed by atoms with E-state index in [1.54, 1.807) is 6.07 Å². The van der Waals surface area contributed by atoms with E-state index in [-0.39, 0.29) is 29.8 Å². The van der Waals surface area contributed by atoms with Gasteiger partial charge in [0.25, 0.3) is 0 Å². The topological polar surface area (TPSA) is 51.9 Å². The van der Waals surface area contributed by atoms with Gasteiger partial charge in [-0.3, -0.25) is 9.69 Å². The van der Waals surface area contributed by atoms with Crippen LogP contribution >= 0.6 is 0 Å². The van der Waals surface area contributed by atoms with Gasteiger partial charge in [0.15, 0.2) is 0 Å². The highest BCUT2D eigenvalue weighted by Crippen LogP contribution is 2.40. The van der Waals surface area contributed by atoms with E-state index in [1.165, 1.54) is 37.4 Å². The molecule has 0 saturated heterocycles. The standard InChI is InChI=1S/C26H20F3NO4/c1-32-18-9-7-17(8-10-18)22-23(31)19-11-12-21-20(24(19)34-25(22)26(27,28)29)14-30(15-33-21)13-16-5-3-2-4-6-16/h2-12H,13-15H2,1H3. The summed E-state index contributed by atoms with van der Waals surface area (Å²) in [4.78, 5) is 15.3. The van der Waals surface area contributed by atoms with Crippen molar-refractivity contribution in [2.45, 2.75) is 19.3 Å². The molecule has 0 unspecified atom stereocenters. The van der Waals surface area contributed by atoms with Crippen LogP contribution in [0.15, 0.2) is 75.9 Å². The molecule has 174 valence electrons. The third-order valence-electron chi connectivity index (χ3n) is 5.79. The molecule has 4 aromatic rings. The maximum Gasteiger partial charge on any atom is 0.450 e. The quantitative estimate of drug-likeness (QED) is 0.378. The maximum absolute atomic E-state index is 14.1. The van der Waals surface area contributed by atoms with Gasteiger partial charge in [-0.1, -0.05) is 42.5 Å². The van der Waals surface area contributed by atoms with Gasteiger partial charge in [-0.25, -0.2) is 0 Å². The molecule has 1 aliphatic heterocycles. The monoisotopic (exact) mass is 467 g/mol. The van der Waals surface area contributed by atoms with Gasteiger partial charge in [-0.15, -0.1) is 0 Å². The highest BCUT2D eigenvalue weighted by molar-refractivity contribution is 5.87. The molecule has 3 aromatic carbocycles. The molecule has 8 heteroatoms. The van der Waals surface area contributed by atoms with Crippen LogP contribution in [0.1, 0.15) is 16.9 Å². The lowest BCUT2D eigenvalue weighted by Gasteiger charge is -2.29. The maximum atomic E-state index is 14.1. The summed E-state index contributed by atoms with van der Waals surface area (Å²) in [5.41, 5.74) is 0.174. The average molecular weight is 467 g/mol. The lowest BCUT2D eigenvalue weighted by Crippen LogP contribution is -2.32. The van der Waals surface area contributed by atoms with Crippen LogP contribution in [0.4, 0.5) is 13.2 Å². The molecule has 0 saturated carbocycles. The number of alkyl halides is 3. The van der Waals surface area contributed by atoms with Crippen LogP contribution < -0.4 is 14.9 Å². The molecular weight excluding hydrogens is 447 g/mol. The summed E-state index contributed by atoms with van der Waals surface area (Å²) >= 11 is 0. The number of ether oxygens (including phenoxy) is 2. The Bertz CT molecular complexity index is 1400. The van der Waals surface area contributed by atoms with Crippen molar-refractivity contribution in [1.82, 2.24) is 4.90 Å². The first kappa shape index (κ1) is 22.0. The van der Waals surface area contributed by atoms with Crippen molar-refractivity contribution in [2.24, 2.45) is 0 Å². The molecule has 0 atom stereocenters. The zero-order chi connectivity index (χ0) is 23.9. The van der Waals surface area contributed by atoms with E-state index < -0.39 is 22.9 Å². The Morgan fingerprint density at radius 2 is 1.74 bits per heavy atom. The van der Waals surface area contributed by atoms with Crippen molar-refractivity contribution in [1.29, 1.82) is 0 Å². The van der Waals surface area contributed by atoms with Crippen molar-refractivity contribution in [3.8, 4) is 22.6 Å². The molecule has 0 bridgehead atoms. The Hall–Kier alpha value is -3.78. The molecule has 0 N–H and O–H groups in total. The van der Waals surface area contributed by atoms with Gasteiger partial charge in [0, 0.05) is 13.1 Å². The summed E-state index contributed by atoms with van der Waals surface area (Å²) < 4.78 is 58.6. The van der Waals surface area contributed by atoms with Crippen molar-refractivity contribution < 1.29 is 27.1 Å². The second-order valence-corrected chi connectivity index (χ2v) is 8.03. The Kier molecular flexibility index (Phi) is 5.53. The zero-order valence-electron chi connectivity index (χ0n) is 18.2. The summed E-state index contributed by atoms with van der Waals surface area (Å²) in [6.45, 7) is 1.09. The third kappa shape index (κ3) is 4.01. The normalized spacial score (nSPS) is 14.0. The first-order chi connectivity index (χ1) is 16.3. The van der Waals surface area contributed by atoms with Gasteiger partial charge in [0.2, 0.25) is 11.2 Å². The van der Waals surface area contributed by atoms with Crippen LogP contribution in [0.3, 0.4) is 0 Å². The summed E-state index contributed by atoms with van der Waals surface area (Å²) in [5.74, 6) is -0.457. The third-order valence-corrected chi connectivity index (χ3v) is 5.79. The highest BCUT2D eigenvalue weighted by Gasteiger charge is 2.40. The lowest BCUT2D eigenvalue weighted by molar-refractivity contribution is -0.152. The molecule has 2 heterocycles. The molecule has 1 aromatic heterocycles. The first-order valence-corrected chi connectivity index (χ1v) is 10.6. The van der Waals surface area contributed by atoms with E-state index in [2.05, 4.69) is 0 Å². The molecule has 1 aliphatic rings. The fourth-order valence-corrected chi connectivity index (χ4v) is 4.17. The molecule has 0 fully saturated rings. The number of nitrogens with zero attached hydrogens (tertiary/aromatic N) is 1. The fraction of sp³-hybridized carbons (Fsp3) is 0.192. The van der Waals surface area contributed by atoms with E-state index in [4.69, 9.17) is 13.9 Å². The Balaban J connectivity index is 1.65. The Morgan fingerprint density at radius 1 is 1.00 bits per heavy atom. The van der Waals surface area contributed by atoms with Crippen LogP contribution in [0.5, 0.6) is 11.5 Å². The predicted octanol–water partition coefficient (Wildman–Crippen LogP) is 5.84. The minimum Gasteiger partial charge on any atom is -0.497 e. The zero-order valence-corrected chi connectivity index (χ0v) is 18.2. The molecule has 0 aliphatic carbocycles. The number of rotatable bonds is 4. The molecule has 5 rings (SSSR count).